The maximum Gasteiger partial charge on any atom is 0.417 e. The summed E-state index contributed by atoms with van der Waals surface area (Å²) in [5.74, 6) is -1.69. The number of halogens is 4. The van der Waals surface area contributed by atoms with Gasteiger partial charge in [0.15, 0.2) is 0 Å². The van der Waals surface area contributed by atoms with Gasteiger partial charge in [0.25, 0.3) is 5.91 Å². The van der Waals surface area contributed by atoms with E-state index in [1.54, 1.807) is 18.3 Å². The topological polar surface area (TPSA) is 76.5 Å². The van der Waals surface area contributed by atoms with Gasteiger partial charge in [0.1, 0.15) is 11.4 Å². The van der Waals surface area contributed by atoms with E-state index in [0.717, 1.165) is 30.5 Å². The lowest BCUT2D eigenvalue weighted by Crippen LogP contribution is -2.36. The van der Waals surface area contributed by atoms with Gasteiger partial charge in [0, 0.05) is 35.5 Å². The quantitative estimate of drug-likeness (QED) is 0.416. The van der Waals surface area contributed by atoms with Crippen molar-refractivity contribution in [1.82, 2.24) is 15.3 Å². The maximum absolute atomic E-state index is 14.4. The van der Waals surface area contributed by atoms with Crippen LogP contribution in [0.5, 0.6) is 0 Å². The van der Waals surface area contributed by atoms with Crippen molar-refractivity contribution in [2.75, 3.05) is 0 Å². The summed E-state index contributed by atoms with van der Waals surface area (Å²) in [7, 11) is 0. The van der Waals surface area contributed by atoms with Crippen molar-refractivity contribution in [2.45, 2.75) is 57.3 Å². The molecule has 192 valence electrons. The molecule has 0 unspecified atom stereocenters. The normalized spacial score (nSPS) is 17.1. The fourth-order valence-corrected chi connectivity index (χ4v) is 4.50. The van der Waals surface area contributed by atoms with Crippen LogP contribution in [0.15, 0.2) is 53.9 Å². The fraction of sp³-hybridized carbons (Fsp3) is 0.333. The highest BCUT2D eigenvalue weighted by molar-refractivity contribution is 6.05. The largest absolute Gasteiger partial charge is 0.417 e. The Kier molecular flexibility index (Phi) is 6.21. The van der Waals surface area contributed by atoms with E-state index in [0.29, 0.717) is 35.5 Å². The Labute approximate surface area is 210 Å². The van der Waals surface area contributed by atoms with Gasteiger partial charge in [-0.2, -0.15) is 13.2 Å². The van der Waals surface area contributed by atoms with Crippen LogP contribution in [0.25, 0.3) is 11.3 Å². The predicted molar refractivity (Wildman–Crippen MR) is 128 cm³/mol. The fourth-order valence-electron chi connectivity index (χ4n) is 4.50. The molecule has 1 fully saturated rings. The zero-order valence-corrected chi connectivity index (χ0v) is 20.2. The highest BCUT2D eigenvalue weighted by Crippen LogP contribution is 2.43. The number of amides is 1. The highest BCUT2D eigenvalue weighted by atomic mass is 19.4. The Hall–Kier alpha value is -3.82. The third-order valence-corrected chi connectivity index (χ3v) is 6.79. The van der Waals surface area contributed by atoms with Crippen molar-refractivity contribution in [1.29, 1.82) is 0 Å². The molecule has 37 heavy (non-hydrogen) atoms. The van der Waals surface area contributed by atoms with Crippen LogP contribution < -0.4 is 5.32 Å². The number of rotatable bonds is 5. The number of aryl methyl sites for hydroxylation is 1. The molecule has 2 aromatic heterocycles. The van der Waals surface area contributed by atoms with Crippen LogP contribution in [0, 0.1) is 12.7 Å². The monoisotopic (exact) mass is 512 g/mol. The molecule has 1 saturated carbocycles. The van der Waals surface area contributed by atoms with Gasteiger partial charge in [0.05, 0.1) is 28.7 Å². The number of nitrogens with one attached hydrogen (secondary N) is 1. The molecular weight excluding hydrogens is 488 g/mol. The van der Waals surface area contributed by atoms with Crippen LogP contribution in [0.2, 0.25) is 0 Å². The van der Waals surface area contributed by atoms with Gasteiger partial charge in [-0.05, 0) is 69.0 Å². The van der Waals surface area contributed by atoms with E-state index in [1.165, 1.54) is 6.92 Å². The summed E-state index contributed by atoms with van der Waals surface area (Å²) in [6.07, 6.45) is 1.13. The van der Waals surface area contributed by atoms with Crippen LogP contribution >= 0.6 is 0 Å². The molecule has 3 aromatic rings. The minimum atomic E-state index is -4.72. The van der Waals surface area contributed by atoms with E-state index in [9.17, 15) is 22.4 Å². The van der Waals surface area contributed by atoms with E-state index >= 15 is 0 Å². The zero-order chi connectivity index (χ0) is 26.4. The Balaban J connectivity index is 1.44. The van der Waals surface area contributed by atoms with E-state index in [4.69, 9.17) is 4.84 Å². The third kappa shape index (κ3) is 5.05. The van der Waals surface area contributed by atoms with Crippen molar-refractivity contribution >= 4 is 11.6 Å². The average molecular weight is 513 g/mol. The van der Waals surface area contributed by atoms with Gasteiger partial charge < -0.3 is 10.2 Å². The standard InChI is InChI=1S/C27H24F4N4O2/c1-15-4-5-22(32-13-15)17-8-18(23-12-26(37-35-23)6-3-7-26)10-19(9-17)25(36)34-16(2)24-21(28)11-20(14-33-24)27(29,30)31/h4-5,8-11,13-14,16H,3,6-7,12H2,1-2H3,(H,34,36)/t16-/m1/s1. The molecule has 1 amide bonds. The number of benzene rings is 1. The Morgan fingerprint density at radius 3 is 2.43 bits per heavy atom. The SMILES string of the molecule is Cc1ccc(-c2cc(C(=O)N[C@H](C)c3ncc(C(F)(F)F)cc3F)cc(C3=NOC4(CCC4)C3)c2)nc1. The second kappa shape index (κ2) is 9.24. The first-order chi connectivity index (χ1) is 17.5. The van der Waals surface area contributed by atoms with Gasteiger partial charge in [-0.25, -0.2) is 4.39 Å². The minimum absolute atomic E-state index is 0.268. The maximum atomic E-state index is 14.4. The Morgan fingerprint density at radius 1 is 1.08 bits per heavy atom. The number of alkyl halides is 3. The number of oxime groups is 1. The first-order valence-corrected chi connectivity index (χ1v) is 11.9. The molecular formula is C27H24F4N4O2. The Morgan fingerprint density at radius 2 is 1.84 bits per heavy atom. The van der Waals surface area contributed by atoms with Crippen LogP contribution in [0.3, 0.4) is 0 Å². The van der Waals surface area contributed by atoms with Gasteiger partial charge in [-0.3, -0.25) is 14.8 Å². The number of aromatic nitrogens is 2. The number of hydrogen-bond donors (Lipinski definition) is 1. The Bertz CT molecular complexity index is 1380. The molecule has 5 rings (SSSR count). The number of carbonyl (C=O) groups is 1. The number of nitrogens with zero attached hydrogens (tertiary/aromatic N) is 3. The molecule has 0 bridgehead atoms. The highest BCUT2D eigenvalue weighted by Gasteiger charge is 2.45. The lowest BCUT2D eigenvalue weighted by Gasteiger charge is -2.34. The van der Waals surface area contributed by atoms with E-state index < -0.39 is 29.5 Å². The molecule has 0 radical (unpaired) electrons. The molecule has 1 aromatic carbocycles. The molecule has 1 aliphatic heterocycles. The number of pyridine rings is 2. The van der Waals surface area contributed by atoms with Crippen molar-refractivity contribution in [3.63, 3.8) is 0 Å². The molecule has 1 N–H and O–H groups in total. The van der Waals surface area contributed by atoms with E-state index in [-0.39, 0.29) is 16.9 Å². The molecule has 2 aliphatic rings. The zero-order valence-electron chi connectivity index (χ0n) is 20.2. The minimum Gasteiger partial charge on any atom is -0.389 e. The summed E-state index contributed by atoms with van der Waals surface area (Å²) in [6.45, 7) is 3.38. The van der Waals surface area contributed by atoms with E-state index in [2.05, 4.69) is 20.4 Å². The summed E-state index contributed by atoms with van der Waals surface area (Å²) in [6, 6.07) is 8.39. The lowest BCUT2D eigenvalue weighted by atomic mass is 9.76. The molecule has 0 saturated heterocycles. The van der Waals surface area contributed by atoms with Gasteiger partial charge in [-0.1, -0.05) is 11.2 Å². The first kappa shape index (κ1) is 24.9. The third-order valence-electron chi connectivity index (χ3n) is 6.79. The lowest BCUT2D eigenvalue weighted by molar-refractivity contribution is -0.138. The first-order valence-electron chi connectivity index (χ1n) is 11.9. The predicted octanol–water partition coefficient (Wildman–Crippen LogP) is 6.15. The summed E-state index contributed by atoms with van der Waals surface area (Å²) < 4.78 is 53.0. The van der Waals surface area contributed by atoms with Crippen LogP contribution in [-0.2, 0) is 11.0 Å². The summed E-state index contributed by atoms with van der Waals surface area (Å²) in [5.41, 5.74) is 2.28. The number of hydrogen-bond acceptors (Lipinski definition) is 5. The van der Waals surface area contributed by atoms with Gasteiger partial charge in [-0.15, -0.1) is 0 Å². The van der Waals surface area contributed by atoms with Crippen LogP contribution in [-0.4, -0.2) is 27.2 Å². The van der Waals surface area contributed by atoms with E-state index in [1.807, 2.05) is 25.1 Å². The van der Waals surface area contributed by atoms with Gasteiger partial charge in [0.2, 0.25) is 0 Å². The van der Waals surface area contributed by atoms with Crippen molar-refractivity contribution in [3.05, 3.63) is 82.6 Å². The molecule has 1 aliphatic carbocycles. The molecule has 1 atom stereocenters. The van der Waals surface area contributed by atoms with Crippen molar-refractivity contribution in [3.8, 4) is 11.3 Å². The number of carbonyl (C=O) groups excluding carboxylic acids is 1. The second-order valence-corrected chi connectivity index (χ2v) is 9.65. The second-order valence-electron chi connectivity index (χ2n) is 9.65. The average Bonchev–Trinajstić information content (AvgIpc) is 3.30. The summed E-state index contributed by atoms with van der Waals surface area (Å²) >= 11 is 0. The van der Waals surface area contributed by atoms with Crippen LogP contribution in [0.1, 0.15) is 71.4 Å². The smallest absolute Gasteiger partial charge is 0.389 e. The van der Waals surface area contributed by atoms with Crippen LogP contribution in [0.4, 0.5) is 17.6 Å². The molecule has 1 spiro atoms. The molecule has 6 nitrogen and oxygen atoms in total. The summed E-state index contributed by atoms with van der Waals surface area (Å²) in [4.78, 5) is 27.0. The molecule has 10 heteroatoms. The molecule has 3 heterocycles. The van der Waals surface area contributed by atoms with Crippen molar-refractivity contribution in [2.24, 2.45) is 5.16 Å². The summed E-state index contributed by atoms with van der Waals surface area (Å²) in [5, 5.41) is 6.93. The van der Waals surface area contributed by atoms with Gasteiger partial charge >= 0.3 is 6.18 Å². The van der Waals surface area contributed by atoms with Crippen molar-refractivity contribution < 1.29 is 27.2 Å².